The molecule has 1 unspecified atom stereocenters. The Morgan fingerprint density at radius 3 is 2.24 bits per heavy atom. The lowest BCUT2D eigenvalue weighted by atomic mass is 10.1. The fourth-order valence-corrected chi connectivity index (χ4v) is 5.46. The van der Waals surface area contributed by atoms with Crippen molar-refractivity contribution >= 4 is 39.1 Å². The minimum atomic E-state index is -4.12. The number of carbonyl (C=O) groups is 2. The molecule has 0 saturated heterocycles. The molecule has 0 bridgehead atoms. The van der Waals surface area contributed by atoms with E-state index in [0.29, 0.717) is 11.6 Å². The zero-order valence-electron chi connectivity index (χ0n) is 22.1. The van der Waals surface area contributed by atoms with Crippen molar-refractivity contribution in [2.24, 2.45) is 0 Å². The van der Waals surface area contributed by atoms with Gasteiger partial charge in [-0.25, -0.2) is 8.42 Å². The number of nitrogens with one attached hydrogen (secondary N) is 1. The summed E-state index contributed by atoms with van der Waals surface area (Å²) in [5.41, 5.74) is 2.93. The van der Waals surface area contributed by atoms with Gasteiger partial charge in [0, 0.05) is 18.1 Å². The number of hydrogen-bond donors (Lipinski definition) is 1. The summed E-state index contributed by atoms with van der Waals surface area (Å²) in [5.74, 6) is -0.816. The van der Waals surface area contributed by atoms with E-state index in [-0.39, 0.29) is 23.0 Å². The molecule has 38 heavy (non-hydrogen) atoms. The molecule has 0 fully saturated rings. The van der Waals surface area contributed by atoms with Gasteiger partial charge >= 0.3 is 0 Å². The molecule has 0 aliphatic heterocycles. The first kappa shape index (κ1) is 29.2. The van der Waals surface area contributed by atoms with Gasteiger partial charge in [0.15, 0.2) is 0 Å². The van der Waals surface area contributed by atoms with Crippen LogP contribution in [0.5, 0.6) is 0 Å². The lowest BCUT2D eigenvalue weighted by molar-refractivity contribution is -0.139. The number of hydrogen-bond acceptors (Lipinski definition) is 4. The van der Waals surface area contributed by atoms with Crippen molar-refractivity contribution in [3.8, 4) is 0 Å². The van der Waals surface area contributed by atoms with Gasteiger partial charge in [0.25, 0.3) is 10.0 Å². The molecule has 0 heterocycles. The maximum Gasteiger partial charge on any atom is 0.264 e. The van der Waals surface area contributed by atoms with Gasteiger partial charge < -0.3 is 10.2 Å². The fourth-order valence-electron chi connectivity index (χ4n) is 3.85. The van der Waals surface area contributed by atoms with Gasteiger partial charge in [-0.05, 0) is 62.6 Å². The minimum Gasteiger partial charge on any atom is -0.354 e. The van der Waals surface area contributed by atoms with Crippen molar-refractivity contribution < 1.29 is 18.0 Å². The number of halogens is 1. The maximum absolute atomic E-state index is 13.9. The maximum atomic E-state index is 13.9. The number of sulfonamides is 1. The summed E-state index contributed by atoms with van der Waals surface area (Å²) >= 11 is 6.34. The summed E-state index contributed by atoms with van der Waals surface area (Å²) < 4.78 is 28.6. The van der Waals surface area contributed by atoms with E-state index in [9.17, 15) is 18.0 Å². The fraction of sp³-hybridized carbons (Fsp3) is 0.310. The number of nitrogens with zero attached hydrogens (tertiary/aromatic N) is 2. The average molecular weight is 556 g/mol. The van der Waals surface area contributed by atoms with E-state index in [4.69, 9.17) is 11.6 Å². The SMILES string of the molecule is CCCNC(=O)C(C)N(Cc1ccc(C)cc1)C(=O)CN(c1ccc(C)c(Cl)c1)S(=O)(=O)c1ccccc1. The lowest BCUT2D eigenvalue weighted by Gasteiger charge is -2.32. The summed E-state index contributed by atoms with van der Waals surface area (Å²) in [7, 11) is -4.12. The molecule has 0 radical (unpaired) electrons. The van der Waals surface area contributed by atoms with Crippen molar-refractivity contribution in [3.05, 3.63) is 94.5 Å². The van der Waals surface area contributed by atoms with Crippen LogP contribution in [0.15, 0.2) is 77.7 Å². The molecule has 0 aliphatic carbocycles. The van der Waals surface area contributed by atoms with Crippen LogP contribution in [-0.2, 0) is 26.2 Å². The first-order valence-corrected chi connectivity index (χ1v) is 14.3. The molecular weight excluding hydrogens is 522 g/mol. The van der Waals surface area contributed by atoms with Crippen LogP contribution in [0.1, 0.15) is 37.0 Å². The number of aryl methyl sites for hydroxylation is 2. The Labute approximate surface area is 230 Å². The molecule has 202 valence electrons. The van der Waals surface area contributed by atoms with Crippen molar-refractivity contribution in [3.63, 3.8) is 0 Å². The summed E-state index contributed by atoms with van der Waals surface area (Å²) in [6, 6.07) is 19.6. The Morgan fingerprint density at radius 2 is 1.63 bits per heavy atom. The minimum absolute atomic E-state index is 0.0447. The van der Waals surface area contributed by atoms with E-state index in [0.717, 1.165) is 27.4 Å². The van der Waals surface area contributed by atoms with E-state index < -0.39 is 28.5 Å². The van der Waals surface area contributed by atoms with Gasteiger partial charge in [-0.1, -0.05) is 72.6 Å². The van der Waals surface area contributed by atoms with Crippen molar-refractivity contribution in [2.45, 2.75) is 51.6 Å². The quantitative estimate of drug-likeness (QED) is 0.357. The van der Waals surface area contributed by atoms with Gasteiger partial charge in [-0.2, -0.15) is 0 Å². The molecule has 9 heteroatoms. The molecule has 3 aromatic rings. The molecule has 3 aromatic carbocycles. The summed E-state index contributed by atoms with van der Waals surface area (Å²) in [5, 5.41) is 3.22. The van der Waals surface area contributed by atoms with E-state index in [1.54, 1.807) is 37.3 Å². The third-order valence-corrected chi connectivity index (χ3v) is 8.44. The molecule has 3 rings (SSSR count). The molecule has 1 N–H and O–H groups in total. The predicted molar refractivity (Wildman–Crippen MR) is 152 cm³/mol. The molecule has 0 aliphatic rings. The molecular formula is C29H34ClN3O4S. The number of benzene rings is 3. The number of rotatable bonds is 11. The van der Waals surface area contributed by atoms with Crippen LogP contribution in [0.2, 0.25) is 5.02 Å². The monoisotopic (exact) mass is 555 g/mol. The van der Waals surface area contributed by atoms with Gasteiger partial charge in [0.05, 0.1) is 10.6 Å². The highest BCUT2D eigenvalue weighted by Gasteiger charge is 2.32. The first-order chi connectivity index (χ1) is 18.0. The molecule has 0 aromatic heterocycles. The van der Waals surface area contributed by atoms with Crippen LogP contribution in [0.25, 0.3) is 0 Å². The number of carbonyl (C=O) groups excluding carboxylic acids is 2. The zero-order valence-corrected chi connectivity index (χ0v) is 23.7. The van der Waals surface area contributed by atoms with Gasteiger partial charge in [-0.3, -0.25) is 13.9 Å². The Balaban J connectivity index is 2.02. The smallest absolute Gasteiger partial charge is 0.264 e. The molecule has 7 nitrogen and oxygen atoms in total. The normalized spacial score (nSPS) is 12.0. The van der Waals surface area contributed by atoms with E-state index in [1.807, 2.05) is 45.0 Å². The van der Waals surface area contributed by atoms with Crippen LogP contribution in [-0.4, -0.2) is 44.3 Å². The molecule has 1 atom stereocenters. The zero-order chi connectivity index (χ0) is 27.9. The topological polar surface area (TPSA) is 86.8 Å². The van der Waals surface area contributed by atoms with E-state index in [2.05, 4.69) is 5.32 Å². The summed E-state index contributed by atoms with van der Waals surface area (Å²) in [6.45, 7) is 7.49. The third-order valence-electron chi connectivity index (χ3n) is 6.24. The largest absolute Gasteiger partial charge is 0.354 e. The predicted octanol–water partition coefficient (Wildman–Crippen LogP) is 5.10. The molecule has 0 spiro atoms. The highest BCUT2D eigenvalue weighted by atomic mass is 35.5. The summed E-state index contributed by atoms with van der Waals surface area (Å²) in [6.07, 6.45) is 0.752. The Morgan fingerprint density at radius 1 is 0.974 bits per heavy atom. The van der Waals surface area contributed by atoms with Gasteiger partial charge in [-0.15, -0.1) is 0 Å². The number of anilines is 1. The molecule has 2 amide bonds. The van der Waals surface area contributed by atoms with Gasteiger partial charge in [0.1, 0.15) is 12.6 Å². The van der Waals surface area contributed by atoms with Crippen LogP contribution in [0.3, 0.4) is 0 Å². The van der Waals surface area contributed by atoms with Crippen molar-refractivity contribution in [1.82, 2.24) is 10.2 Å². The Hall–Kier alpha value is -3.36. The number of amides is 2. The Kier molecular flexibility index (Phi) is 9.94. The average Bonchev–Trinajstić information content (AvgIpc) is 2.91. The lowest BCUT2D eigenvalue weighted by Crippen LogP contribution is -2.51. The second-order valence-electron chi connectivity index (χ2n) is 9.23. The van der Waals surface area contributed by atoms with Crippen LogP contribution >= 0.6 is 11.6 Å². The van der Waals surface area contributed by atoms with E-state index in [1.165, 1.54) is 23.1 Å². The summed E-state index contributed by atoms with van der Waals surface area (Å²) in [4.78, 5) is 28.2. The Bertz CT molecular complexity index is 1360. The van der Waals surface area contributed by atoms with Crippen molar-refractivity contribution in [2.75, 3.05) is 17.4 Å². The van der Waals surface area contributed by atoms with Crippen LogP contribution in [0, 0.1) is 13.8 Å². The second kappa shape index (κ2) is 12.9. The first-order valence-electron chi connectivity index (χ1n) is 12.5. The third kappa shape index (κ3) is 7.14. The highest BCUT2D eigenvalue weighted by Crippen LogP contribution is 2.28. The standard InChI is InChI=1S/C29H34ClN3O4S/c1-5-17-31-29(35)23(4)32(19-24-14-11-21(2)12-15-24)28(34)20-33(25-16-13-22(3)27(30)18-25)38(36,37)26-9-7-6-8-10-26/h6-16,18,23H,5,17,19-20H2,1-4H3,(H,31,35). The van der Waals surface area contributed by atoms with Crippen LogP contribution < -0.4 is 9.62 Å². The molecule has 0 saturated carbocycles. The van der Waals surface area contributed by atoms with Gasteiger partial charge in [0.2, 0.25) is 11.8 Å². The second-order valence-corrected chi connectivity index (χ2v) is 11.5. The van der Waals surface area contributed by atoms with Crippen LogP contribution in [0.4, 0.5) is 5.69 Å². The van der Waals surface area contributed by atoms with Crippen molar-refractivity contribution in [1.29, 1.82) is 0 Å². The van der Waals surface area contributed by atoms with E-state index >= 15 is 0 Å². The highest BCUT2D eigenvalue weighted by molar-refractivity contribution is 7.92.